The lowest BCUT2D eigenvalue weighted by Crippen LogP contribution is -2.45. The number of amides is 1. The Morgan fingerprint density at radius 1 is 1.20 bits per heavy atom. The van der Waals surface area contributed by atoms with Gasteiger partial charge in [-0.15, -0.1) is 0 Å². The smallest absolute Gasteiger partial charge is 0.236 e. The van der Waals surface area contributed by atoms with Crippen LogP contribution in [-0.2, 0) is 4.79 Å². The van der Waals surface area contributed by atoms with Crippen LogP contribution >= 0.6 is 0 Å². The number of carbonyl (C=O) groups excluding carboxylic acids is 1. The normalized spacial score (nSPS) is 14.1. The van der Waals surface area contributed by atoms with Gasteiger partial charge in [-0.3, -0.25) is 10.1 Å². The minimum atomic E-state index is -0.128. The fourth-order valence-electron chi connectivity index (χ4n) is 2.46. The van der Waals surface area contributed by atoms with Crippen molar-refractivity contribution in [3.63, 3.8) is 0 Å². The number of rotatable bonds is 8. The zero-order valence-electron chi connectivity index (χ0n) is 13.1. The molecule has 2 atom stereocenters. The molecule has 0 fully saturated rings. The number of nitrogens with one attached hydrogen (secondary N) is 2. The Hall–Kier alpha value is -1.35. The van der Waals surface area contributed by atoms with E-state index in [4.69, 9.17) is 0 Å². The summed E-state index contributed by atoms with van der Waals surface area (Å²) in [6, 6.07) is 10.5. The summed E-state index contributed by atoms with van der Waals surface area (Å²) in [6.07, 6.45) is 2.98. The maximum absolute atomic E-state index is 12.0. The van der Waals surface area contributed by atoms with E-state index in [-0.39, 0.29) is 18.0 Å². The number of hydrogen-bond donors (Lipinski definition) is 2. The molecule has 0 bridgehead atoms. The first-order valence-electron chi connectivity index (χ1n) is 7.61. The molecule has 1 amide bonds. The van der Waals surface area contributed by atoms with Crippen molar-refractivity contribution in [1.82, 2.24) is 10.6 Å². The van der Waals surface area contributed by atoms with E-state index in [1.165, 1.54) is 5.56 Å². The molecule has 0 spiro atoms. The summed E-state index contributed by atoms with van der Waals surface area (Å²) in [5, 5.41) is 6.31. The predicted molar refractivity (Wildman–Crippen MR) is 84.5 cm³/mol. The SMILES string of the molecule is CCCC(NC(CC(C)C)C(=O)NC)c1ccccc1. The molecule has 0 aliphatic heterocycles. The topological polar surface area (TPSA) is 41.1 Å². The van der Waals surface area contributed by atoms with E-state index in [1.807, 2.05) is 6.07 Å². The molecule has 0 heterocycles. The molecule has 1 rings (SSSR count). The largest absolute Gasteiger partial charge is 0.358 e. The number of likely N-dealkylation sites (N-methyl/N-ethyl adjacent to an activating group) is 1. The summed E-state index contributed by atoms with van der Waals surface area (Å²) < 4.78 is 0. The lowest BCUT2D eigenvalue weighted by atomic mass is 9.97. The minimum absolute atomic E-state index is 0.0794. The molecule has 3 nitrogen and oxygen atoms in total. The van der Waals surface area contributed by atoms with E-state index in [1.54, 1.807) is 7.05 Å². The van der Waals surface area contributed by atoms with Crippen LogP contribution in [0.1, 0.15) is 51.6 Å². The van der Waals surface area contributed by atoms with Crippen LogP contribution in [0.3, 0.4) is 0 Å². The van der Waals surface area contributed by atoms with Gasteiger partial charge in [-0.1, -0.05) is 57.5 Å². The van der Waals surface area contributed by atoms with Crippen LogP contribution in [0, 0.1) is 5.92 Å². The van der Waals surface area contributed by atoms with Crippen molar-refractivity contribution in [2.45, 2.75) is 52.1 Å². The Morgan fingerprint density at radius 2 is 1.85 bits per heavy atom. The van der Waals surface area contributed by atoms with Crippen LogP contribution in [-0.4, -0.2) is 19.0 Å². The second-order valence-electron chi connectivity index (χ2n) is 5.71. The average Bonchev–Trinajstić information content (AvgIpc) is 2.45. The standard InChI is InChI=1S/C17H28N2O/c1-5-9-15(14-10-7-6-8-11-14)19-16(12-13(2)3)17(20)18-4/h6-8,10-11,13,15-16,19H,5,9,12H2,1-4H3,(H,18,20). The van der Waals surface area contributed by atoms with Crippen molar-refractivity contribution in [2.75, 3.05) is 7.05 Å². The zero-order valence-corrected chi connectivity index (χ0v) is 13.1. The van der Waals surface area contributed by atoms with Gasteiger partial charge in [0.25, 0.3) is 0 Å². The molecule has 112 valence electrons. The first-order chi connectivity index (χ1) is 9.58. The number of benzene rings is 1. The van der Waals surface area contributed by atoms with Crippen LogP contribution in [0.15, 0.2) is 30.3 Å². The van der Waals surface area contributed by atoms with Gasteiger partial charge >= 0.3 is 0 Å². The summed E-state index contributed by atoms with van der Waals surface area (Å²) in [5.41, 5.74) is 1.26. The lowest BCUT2D eigenvalue weighted by Gasteiger charge is -2.26. The summed E-state index contributed by atoms with van der Waals surface area (Å²) in [6.45, 7) is 6.47. The van der Waals surface area contributed by atoms with Gasteiger partial charge in [-0.05, 0) is 24.3 Å². The molecule has 0 aromatic heterocycles. The highest BCUT2D eigenvalue weighted by molar-refractivity contribution is 5.81. The predicted octanol–water partition coefficient (Wildman–Crippen LogP) is 3.28. The van der Waals surface area contributed by atoms with E-state index < -0.39 is 0 Å². The second-order valence-corrected chi connectivity index (χ2v) is 5.71. The molecule has 3 heteroatoms. The van der Waals surface area contributed by atoms with E-state index in [2.05, 4.69) is 55.7 Å². The molecule has 1 aromatic rings. The molecule has 0 saturated carbocycles. The molecule has 2 N–H and O–H groups in total. The molecule has 0 aliphatic rings. The third-order valence-electron chi connectivity index (χ3n) is 3.45. The van der Waals surface area contributed by atoms with Crippen molar-refractivity contribution in [3.05, 3.63) is 35.9 Å². The Kier molecular flexibility index (Phi) is 7.31. The highest BCUT2D eigenvalue weighted by atomic mass is 16.2. The van der Waals surface area contributed by atoms with Crippen molar-refractivity contribution < 1.29 is 4.79 Å². The van der Waals surface area contributed by atoms with Crippen molar-refractivity contribution in [3.8, 4) is 0 Å². The Morgan fingerprint density at radius 3 is 2.35 bits per heavy atom. The Bertz CT molecular complexity index is 389. The fraction of sp³-hybridized carbons (Fsp3) is 0.588. The number of hydrogen-bond acceptors (Lipinski definition) is 2. The minimum Gasteiger partial charge on any atom is -0.358 e. The van der Waals surface area contributed by atoms with Gasteiger partial charge in [0.1, 0.15) is 0 Å². The fourth-order valence-corrected chi connectivity index (χ4v) is 2.46. The maximum atomic E-state index is 12.0. The van der Waals surface area contributed by atoms with E-state index in [0.29, 0.717) is 5.92 Å². The highest BCUT2D eigenvalue weighted by Crippen LogP contribution is 2.20. The third kappa shape index (κ3) is 5.33. The summed E-state index contributed by atoms with van der Waals surface area (Å²) in [4.78, 5) is 12.0. The van der Waals surface area contributed by atoms with Crippen molar-refractivity contribution >= 4 is 5.91 Å². The van der Waals surface area contributed by atoms with Gasteiger partial charge < -0.3 is 5.32 Å². The van der Waals surface area contributed by atoms with Crippen LogP contribution in [0.25, 0.3) is 0 Å². The van der Waals surface area contributed by atoms with Crippen LogP contribution in [0.5, 0.6) is 0 Å². The van der Waals surface area contributed by atoms with Gasteiger partial charge in [0.2, 0.25) is 5.91 Å². The van der Waals surface area contributed by atoms with Gasteiger partial charge in [0.05, 0.1) is 6.04 Å². The van der Waals surface area contributed by atoms with E-state index in [0.717, 1.165) is 19.3 Å². The van der Waals surface area contributed by atoms with Gasteiger partial charge in [-0.25, -0.2) is 0 Å². The first-order valence-corrected chi connectivity index (χ1v) is 7.61. The maximum Gasteiger partial charge on any atom is 0.236 e. The van der Waals surface area contributed by atoms with Crippen LogP contribution in [0.2, 0.25) is 0 Å². The molecule has 2 unspecified atom stereocenters. The van der Waals surface area contributed by atoms with Gasteiger partial charge in [-0.2, -0.15) is 0 Å². The Balaban J connectivity index is 2.82. The molecule has 0 radical (unpaired) electrons. The monoisotopic (exact) mass is 276 g/mol. The van der Waals surface area contributed by atoms with Crippen LogP contribution in [0.4, 0.5) is 0 Å². The Labute approximate surface area is 123 Å². The second kappa shape index (κ2) is 8.75. The summed E-state index contributed by atoms with van der Waals surface area (Å²) >= 11 is 0. The zero-order chi connectivity index (χ0) is 15.0. The summed E-state index contributed by atoms with van der Waals surface area (Å²) in [7, 11) is 1.70. The van der Waals surface area contributed by atoms with Crippen molar-refractivity contribution in [1.29, 1.82) is 0 Å². The third-order valence-corrected chi connectivity index (χ3v) is 3.45. The average molecular weight is 276 g/mol. The highest BCUT2D eigenvalue weighted by Gasteiger charge is 2.22. The quantitative estimate of drug-likeness (QED) is 0.765. The van der Waals surface area contributed by atoms with E-state index >= 15 is 0 Å². The van der Waals surface area contributed by atoms with E-state index in [9.17, 15) is 4.79 Å². The lowest BCUT2D eigenvalue weighted by molar-refractivity contribution is -0.123. The first kappa shape index (κ1) is 16.7. The van der Waals surface area contributed by atoms with Crippen LogP contribution < -0.4 is 10.6 Å². The van der Waals surface area contributed by atoms with Gasteiger partial charge in [0, 0.05) is 13.1 Å². The molecule has 20 heavy (non-hydrogen) atoms. The molecular formula is C17H28N2O. The van der Waals surface area contributed by atoms with Crippen molar-refractivity contribution in [2.24, 2.45) is 5.92 Å². The molecule has 0 aliphatic carbocycles. The van der Waals surface area contributed by atoms with Gasteiger partial charge in [0.15, 0.2) is 0 Å². The molecule has 0 saturated heterocycles. The number of carbonyl (C=O) groups is 1. The molecular weight excluding hydrogens is 248 g/mol. The molecule has 1 aromatic carbocycles. The summed E-state index contributed by atoms with van der Waals surface area (Å²) in [5.74, 6) is 0.568.